The van der Waals surface area contributed by atoms with Gasteiger partial charge in [0.05, 0.1) is 7.11 Å². The number of hydrogen-bond acceptors (Lipinski definition) is 7. The van der Waals surface area contributed by atoms with Gasteiger partial charge in [-0.05, 0) is 31.9 Å². The summed E-state index contributed by atoms with van der Waals surface area (Å²) in [5.41, 5.74) is 3.49. The van der Waals surface area contributed by atoms with Gasteiger partial charge in [-0.2, -0.15) is 0 Å². The maximum atomic E-state index is 13.2. The van der Waals surface area contributed by atoms with Crippen molar-refractivity contribution >= 4 is 23.6 Å². The van der Waals surface area contributed by atoms with E-state index in [1.165, 1.54) is 23.1 Å². The highest BCUT2D eigenvalue weighted by molar-refractivity contribution is 6.02. The summed E-state index contributed by atoms with van der Waals surface area (Å²) >= 11 is 0. The molecule has 1 N–H and O–H groups in total. The van der Waals surface area contributed by atoms with Crippen LogP contribution in [0.4, 0.5) is 10.5 Å². The second-order valence-corrected chi connectivity index (χ2v) is 7.90. The van der Waals surface area contributed by atoms with Crippen molar-refractivity contribution in [2.45, 2.75) is 38.8 Å². The summed E-state index contributed by atoms with van der Waals surface area (Å²) in [4.78, 5) is 44.5. The Morgan fingerprint density at radius 2 is 2.00 bits per heavy atom. The standard InChI is InChI=1S/C20H27N5O4/c1-12-6-7-14(13(2)10-12)23-8-5-9-24-16-17(21-19(23)24)22(3)20(28)25(18(16)27)11-15(26)29-4/h6-7,10,16-17,19,21H,5,8-9,11H2,1-4H3. The highest BCUT2D eigenvalue weighted by Gasteiger charge is 2.56. The van der Waals surface area contributed by atoms with Gasteiger partial charge in [0.1, 0.15) is 25.0 Å². The van der Waals surface area contributed by atoms with Gasteiger partial charge in [-0.1, -0.05) is 17.7 Å². The average molecular weight is 401 g/mol. The number of rotatable bonds is 3. The molecule has 3 fully saturated rings. The van der Waals surface area contributed by atoms with Crippen LogP contribution < -0.4 is 10.2 Å². The number of benzene rings is 1. The van der Waals surface area contributed by atoms with Crippen LogP contribution in [0.5, 0.6) is 0 Å². The number of esters is 1. The third-order valence-electron chi connectivity index (χ3n) is 6.05. The number of urea groups is 1. The lowest BCUT2D eigenvalue weighted by molar-refractivity contribution is -0.149. The van der Waals surface area contributed by atoms with Gasteiger partial charge in [0.15, 0.2) is 0 Å². The van der Waals surface area contributed by atoms with Gasteiger partial charge < -0.3 is 14.5 Å². The lowest BCUT2D eigenvalue weighted by Gasteiger charge is -2.44. The second-order valence-electron chi connectivity index (χ2n) is 7.90. The second kappa shape index (κ2) is 7.31. The summed E-state index contributed by atoms with van der Waals surface area (Å²) in [7, 11) is 2.90. The number of imide groups is 1. The molecular formula is C20H27N5O4. The van der Waals surface area contributed by atoms with Crippen LogP contribution in [0.25, 0.3) is 0 Å². The van der Waals surface area contributed by atoms with Crippen LogP contribution in [0.2, 0.25) is 0 Å². The Kier molecular flexibility index (Phi) is 4.95. The first-order valence-electron chi connectivity index (χ1n) is 9.84. The normalized spacial score (nSPS) is 27.2. The zero-order chi connectivity index (χ0) is 20.9. The van der Waals surface area contributed by atoms with Crippen molar-refractivity contribution in [3.63, 3.8) is 0 Å². The minimum Gasteiger partial charge on any atom is -0.468 e. The smallest absolute Gasteiger partial charge is 0.328 e. The molecular weight excluding hydrogens is 374 g/mol. The number of methoxy groups -OCH3 is 1. The van der Waals surface area contributed by atoms with Gasteiger partial charge in [-0.25, -0.2) is 4.79 Å². The molecule has 3 amide bonds. The van der Waals surface area contributed by atoms with E-state index in [1.807, 2.05) is 0 Å². The molecule has 3 saturated heterocycles. The maximum Gasteiger partial charge on any atom is 0.328 e. The van der Waals surface area contributed by atoms with Crippen LogP contribution in [0.1, 0.15) is 17.5 Å². The van der Waals surface area contributed by atoms with Gasteiger partial charge in [-0.15, -0.1) is 0 Å². The van der Waals surface area contributed by atoms with Crippen LogP contribution in [0.15, 0.2) is 18.2 Å². The molecule has 0 spiro atoms. The van der Waals surface area contributed by atoms with E-state index in [-0.39, 0.29) is 18.7 Å². The van der Waals surface area contributed by atoms with Crippen LogP contribution in [-0.2, 0) is 14.3 Å². The molecule has 0 aliphatic carbocycles. The van der Waals surface area contributed by atoms with E-state index in [0.717, 1.165) is 30.1 Å². The van der Waals surface area contributed by atoms with Crippen LogP contribution in [0, 0.1) is 13.8 Å². The fraction of sp³-hybridized carbons (Fsp3) is 0.550. The van der Waals surface area contributed by atoms with Crippen molar-refractivity contribution in [1.82, 2.24) is 20.0 Å². The Bertz CT molecular complexity index is 859. The van der Waals surface area contributed by atoms with E-state index < -0.39 is 24.2 Å². The topological polar surface area (TPSA) is 85.4 Å². The molecule has 1 aromatic rings. The summed E-state index contributed by atoms with van der Waals surface area (Å²) in [6.07, 6.45) is 0.258. The molecule has 3 aliphatic heterocycles. The third kappa shape index (κ3) is 3.14. The number of ether oxygens (including phenoxy) is 1. The number of nitrogens with zero attached hydrogens (tertiary/aromatic N) is 4. The molecule has 3 heterocycles. The molecule has 0 saturated carbocycles. The van der Waals surface area contributed by atoms with Crippen molar-refractivity contribution in [3.05, 3.63) is 29.3 Å². The van der Waals surface area contributed by atoms with E-state index in [1.54, 1.807) is 7.05 Å². The number of carbonyl (C=O) groups excluding carboxylic acids is 3. The molecule has 9 heteroatoms. The maximum absolute atomic E-state index is 13.2. The number of aryl methyl sites for hydroxylation is 2. The third-order valence-corrected chi connectivity index (χ3v) is 6.05. The molecule has 3 atom stereocenters. The summed E-state index contributed by atoms with van der Waals surface area (Å²) < 4.78 is 4.66. The Morgan fingerprint density at radius 3 is 2.69 bits per heavy atom. The first-order chi connectivity index (χ1) is 13.8. The number of hydrogen-bond donors (Lipinski definition) is 1. The molecule has 0 bridgehead atoms. The number of amides is 3. The highest BCUT2D eigenvalue weighted by Crippen LogP contribution is 2.34. The van der Waals surface area contributed by atoms with Gasteiger partial charge in [-0.3, -0.25) is 24.7 Å². The molecule has 29 heavy (non-hydrogen) atoms. The lowest BCUT2D eigenvalue weighted by Crippen LogP contribution is -2.67. The van der Waals surface area contributed by atoms with Crippen molar-refractivity contribution in [2.75, 3.05) is 38.7 Å². The minimum atomic E-state index is -0.614. The largest absolute Gasteiger partial charge is 0.468 e. The van der Waals surface area contributed by atoms with Gasteiger partial charge in [0.25, 0.3) is 5.91 Å². The fourth-order valence-electron chi connectivity index (χ4n) is 4.63. The Morgan fingerprint density at radius 1 is 1.24 bits per heavy atom. The number of carbonyl (C=O) groups is 3. The predicted molar refractivity (Wildman–Crippen MR) is 106 cm³/mol. The van der Waals surface area contributed by atoms with Crippen molar-refractivity contribution in [2.24, 2.45) is 0 Å². The molecule has 0 radical (unpaired) electrons. The van der Waals surface area contributed by atoms with Crippen molar-refractivity contribution in [1.29, 1.82) is 0 Å². The molecule has 9 nitrogen and oxygen atoms in total. The SMILES string of the molecule is COC(=O)CN1C(=O)C2C(NC3N(c4ccc(C)cc4C)CCCN23)N(C)C1=O. The summed E-state index contributed by atoms with van der Waals surface area (Å²) in [6.45, 7) is 5.37. The van der Waals surface area contributed by atoms with E-state index in [2.05, 4.69) is 51.9 Å². The lowest BCUT2D eigenvalue weighted by atomic mass is 10.1. The Labute approximate surface area is 170 Å². The first kappa shape index (κ1) is 19.7. The molecule has 156 valence electrons. The monoisotopic (exact) mass is 401 g/mol. The van der Waals surface area contributed by atoms with Crippen LogP contribution in [-0.4, -0.2) is 84.9 Å². The van der Waals surface area contributed by atoms with E-state index >= 15 is 0 Å². The Hall–Kier alpha value is -2.65. The van der Waals surface area contributed by atoms with E-state index in [4.69, 9.17) is 0 Å². The fourth-order valence-corrected chi connectivity index (χ4v) is 4.63. The van der Waals surface area contributed by atoms with Crippen molar-refractivity contribution in [3.8, 4) is 0 Å². The van der Waals surface area contributed by atoms with Gasteiger partial charge >= 0.3 is 12.0 Å². The van der Waals surface area contributed by atoms with Gasteiger partial charge in [0, 0.05) is 25.8 Å². The molecule has 1 aromatic carbocycles. The average Bonchev–Trinajstić information content (AvgIpc) is 3.09. The van der Waals surface area contributed by atoms with E-state index in [9.17, 15) is 14.4 Å². The molecule has 4 rings (SSSR count). The number of fused-ring (bicyclic) bond motifs is 3. The quantitative estimate of drug-likeness (QED) is 0.737. The summed E-state index contributed by atoms with van der Waals surface area (Å²) in [6, 6.07) is 5.31. The molecule has 3 aliphatic rings. The summed E-state index contributed by atoms with van der Waals surface area (Å²) in [5.74, 6) is -0.974. The van der Waals surface area contributed by atoms with E-state index in [0.29, 0.717) is 0 Å². The van der Waals surface area contributed by atoms with Crippen LogP contribution >= 0.6 is 0 Å². The molecule has 3 unspecified atom stereocenters. The first-order valence-corrected chi connectivity index (χ1v) is 9.84. The predicted octanol–water partition coefficient (Wildman–Crippen LogP) is 0.464. The number of likely N-dealkylation sites (N-methyl/N-ethyl adjacent to an activating group) is 1. The van der Waals surface area contributed by atoms with Gasteiger partial charge in [0.2, 0.25) is 0 Å². The minimum absolute atomic E-state index is 0.197. The number of nitrogens with one attached hydrogen (secondary N) is 1. The zero-order valence-electron chi connectivity index (χ0n) is 17.2. The molecule has 0 aromatic heterocycles. The summed E-state index contributed by atoms with van der Waals surface area (Å²) in [5, 5.41) is 3.48. The highest BCUT2D eigenvalue weighted by atomic mass is 16.5. The van der Waals surface area contributed by atoms with Crippen molar-refractivity contribution < 1.29 is 19.1 Å². The number of anilines is 1. The zero-order valence-corrected chi connectivity index (χ0v) is 17.2. The Balaban J connectivity index is 1.65. The van der Waals surface area contributed by atoms with Crippen LogP contribution in [0.3, 0.4) is 0 Å².